The Bertz CT molecular complexity index is 526. The van der Waals surface area contributed by atoms with Crippen molar-refractivity contribution in [1.29, 1.82) is 0 Å². The fourth-order valence-corrected chi connectivity index (χ4v) is 2.19. The van der Waals surface area contributed by atoms with Gasteiger partial charge in [-0.25, -0.2) is 0 Å². The van der Waals surface area contributed by atoms with Gasteiger partial charge in [-0.3, -0.25) is 10.2 Å². The molecule has 106 valence electrons. The lowest BCUT2D eigenvalue weighted by Gasteiger charge is -2.10. The van der Waals surface area contributed by atoms with Crippen LogP contribution in [0, 0.1) is 0 Å². The average Bonchev–Trinajstić information content (AvgIpc) is 2.46. The third-order valence-corrected chi connectivity index (χ3v) is 3.33. The highest BCUT2D eigenvalue weighted by Gasteiger charge is 2.03. The Morgan fingerprint density at radius 1 is 1.40 bits per heavy atom. The predicted octanol–water partition coefficient (Wildman–Crippen LogP) is 3.07. The van der Waals surface area contributed by atoms with Gasteiger partial charge in [0.05, 0.1) is 0 Å². The molecule has 4 nitrogen and oxygen atoms in total. The standard InChI is InChI=1S/C15H17BrN2O2/c16-13-7-4-8-14(9-13)20-11-15(19)18-17-10-12-5-2-1-3-6-12/h1-2,4,7-10,17H,3,5-6,11H2,(H,18,19). The number of carbonyl (C=O) groups excluding carboxylic acids is 1. The van der Waals surface area contributed by atoms with E-state index in [1.54, 1.807) is 0 Å². The minimum atomic E-state index is -0.215. The van der Waals surface area contributed by atoms with Gasteiger partial charge in [0.1, 0.15) is 5.75 Å². The van der Waals surface area contributed by atoms with E-state index in [2.05, 4.69) is 38.9 Å². The summed E-state index contributed by atoms with van der Waals surface area (Å²) in [6, 6.07) is 7.38. The van der Waals surface area contributed by atoms with E-state index < -0.39 is 0 Å². The highest BCUT2D eigenvalue weighted by molar-refractivity contribution is 9.10. The molecule has 0 atom stereocenters. The zero-order valence-electron chi connectivity index (χ0n) is 11.1. The first-order valence-electron chi connectivity index (χ1n) is 6.50. The molecule has 0 bridgehead atoms. The van der Waals surface area contributed by atoms with Crippen LogP contribution in [0.25, 0.3) is 0 Å². The summed E-state index contributed by atoms with van der Waals surface area (Å²) in [6.07, 6.45) is 9.19. The minimum absolute atomic E-state index is 0.0213. The number of amides is 1. The SMILES string of the molecule is O=C(COc1cccc(Br)c1)NNC=C1CC=CCC1. The maximum absolute atomic E-state index is 11.6. The van der Waals surface area contributed by atoms with Crippen LogP contribution < -0.4 is 15.6 Å². The molecule has 0 spiro atoms. The van der Waals surface area contributed by atoms with E-state index in [1.165, 1.54) is 5.57 Å². The van der Waals surface area contributed by atoms with Crippen LogP contribution in [0.15, 0.2) is 52.7 Å². The first-order chi connectivity index (χ1) is 9.74. The molecule has 2 N–H and O–H groups in total. The molecule has 20 heavy (non-hydrogen) atoms. The Labute approximate surface area is 127 Å². The fourth-order valence-electron chi connectivity index (χ4n) is 1.81. The first-order valence-corrected chi connectivity index (χ1v) is 7.29. The molecular weight excluding hydrogens is 320 g/mol. The zero-order valence-corrected chi connectivity index (χ0v) is 12.7. The van der Waals surface area contributed by atoms with Gasteiger partial charge in [0.15, 0.2) is 6.61 Å². The van der Waals surface area contributed by atoms with Gasteiger partial charge >= 0.3 is 0 Å². The van der Waals surface area contributed by atoms with Crippen molar-refractivity contribution < 1.29 is 9.53 Å². The number of carbonyl (C=O) groups is 1. The molecule has 0 saturated heterocycles. The molecule has 1 aliphatic carbocycles. The number of halogens is 1. The number of hydrogen-bond acceptors (Lipinski definition) is 3. The van der Waals surface area contributed by atoms with Gasteiger partial charge in [0, 0.05) is 10.7 Å². The van der Waals surface area contributed by atoms with Crippen LogP contribution in [0.3, 0.4) is 0 Å². The largest absolute Gasteiger partial charge is 0.484 e. The van der Waals surface area contributed by atoms with Gasteiger partial charge in [0.2, 0.25) is 0 Å². The third kappa shape index (κ3) is 5.09. The monoisotopic (exact) mass is 336 g/mol. The van der Waals surface area contributed by atoms with Gasteiger partial charge in [-0.15, -0.1) is 0 Å². The molecular formula is C15H17BrN2O2. The molecule has 0 aromatic heterocycles. The van der Waals surface area contributed by atoms with Crippen molar-refractivity contribution in [2.45, 2.75) is 19.3 Å². The molecule has 1 aliphatic rings. The molecule has 0 saturated carbocycles. The highest BCUT2D eigenvalue weighted by atomic mass is 79.9. The number of ether oxygens (including phenoxy) is 1. The van der Waals surface area contributed by atoms with Crippen molar-refractivity contribution in [3.05, 3.63) is 52.7 Å². The third-order valence-electron chi connectivity index (χ3n) is 2.83. The first kappa shape index (κ1) is 14.7. The quantitative estimate of drug-likeness (QED) is 0.641. The van der Waals surface area contributed by atoms with E-state index in [9.17, 15) is 4.79 Å². The lowest BCUT2D eigenvalue weighted by Crippen LogP contribution is -2.37. The maximum Gasteiger partial charge on any atom is 0.276 e. The van der Waals surface area contributed by atoms with E-state index in [1.807, 2.05) is 30.5 Å². The molecule has 0 aliphatic heterocycles. The predicted molar refractivity (Wildman–Crippen MR) is 82.0 cm³/mol. The van der Waals surface area contributed by atoms with Gasteiger partial charge in [-0.05, 0) is 43.0 Å². The number of allylic oxidation sites excluding steroid dienone is 3. The lowest BCUT2D eigenvalue weighted by molar-refractivity contribution is -0.123. The minimum Gasteiger partial charge on any atom is -0.484 e. The van der Waals surface area contributed by atoms with E-state index >= 15 is 0 Å². The maximum atomic E-state index is 11.6. The van der Waals surface area contributed by atoms with Gasteiger partial charge in [0.25, 0.3) is 5.91 Å². The van der Waals surface area contributed by atoms with Crippen LogP contribution in [-0.4, -0.2) is 12.5 Å². The normalized spacial score (nSPS) is 15.9. The van der Waals surface area contributed by atoms with E-state index in [0.717, 1.165) is 23.7 Å². The topological polar surface area (TPSA) is 50.4 Å². The van der Waals surface area contributed by atoms with E-state index in [4.69, 9.17) is 4.74 Å². The Morgan fingerprint density at radius 2 is 2.30 bits per heavy atom. The van der Waals surface area contributed by atoms with Crippen LogP contribution in [0.2, 0.25) is 0 Å². The van der Waals surface area contributed by atoms with Crippen molar-refractivity contribution in [3.8, 4) is 5.75 Å². The van der Waals surface area contributed by atoms with Crippen LogP contribution in [-0.2, 0) is 4.79 Å². The van der Waals surface area contributed by atoms with E-state index in [0.29, 0.717) is 5.75 Å². The van der Waals surface area contributed by atoms with Crippen molar-refractivity contribution >= 4 is 21.8 Å². The summed E-state index contributed by atoms with van der Waals surface area (Å²) in [5, 5.41) is 0. The Hall–Kier alpha value is -1.75. The summed E-state index contributed by atoms with van der Waals surface area (Å²) in [5.41, 5.74) is 6.68. The molecule has 0 heterocycles. The lowest BCUT2D eigenvalue weighted by atomic mass is 10.0. The second kappa shape index (κ2) is 7.75. The van der Waals surface area contributed by atoms with Gasteiger partial charge < -0.3 is 10.2 Å². The number of benzene rings is 1. The van der Waals surface area contributed by atoms with Crippen molar-refractivity contribution in [1.82, 2.24) is 10.9 Å². The Morgan fingerprint density at radius 3 is 3.05 bits per heavy atom. The average molecular weight is 337 g/mol. The molecule has 0 radical (unpaired) electrons. The van der Waals surface area contributed by atoms with Gasteiger partial charge in [-0.1, -0.05) is 34.1 Å². The van der Waals surface area contributed by atoms with Crippen LogP contribution in [0.4, 0.5) is 0 Å². The fraction of sp³-hybridized carbons (Fsp3) is 0.267. The highest BCUT2D eigenvalue weighted by Crippen LogP contribution is 2.17. The molecule has 1 amide bonds. The Balaban J connectivity index is 1.69. The molecule has 0 unspecified atom stereocenters. The Kier molecular flexibility index (Phi) is 5.68. The summed E-state index contributed by atoms with van der Waals surface area (Å²) in [4.78, 5) is 11.6. The number of hydrogen-bond donors (Lipinski definition) is 2. The van der Waals surface area contributed by atoms with Crippen LogP contribution in [0.5, 0.6) is 5.75 Å². The summed E-state index contributed by atoms with van der Waals surface area (Å²) in [5.74, 6) is 0.443. The molecule has 1 aromatic rings. The van der Waals surface area contributed by atoms with E-state index in [-0.39, 0.29) is 12.5 Å². The second-order valence-corrected chi connectivity index (χ2v) is 5.37. The zero-order chi connectivity index (χ0) is 14.2. The molecule has 0 fully saturated rings. The summed E-state index contributed by atoms with van der Waals surface area (Å²) in [7, 11) is 0. The molecule has 5 heteroatoms. The van der Waals surface area contributed by atoms with Crippen molar-refractivity contribution in [2.24, 2.45) is 0 Å². The molecule has 1 aromatic carbocycles. The van der Waals surface area contributed by atoms with Crippen LogP contribution in [0.1, 0.15) is 19.3 Å². The van der Waals surface area contributed by atoms with Gasteiger partial charge in [-0.2, -0.15) is 0 Å². The van der Waals surface area contributed by atoms with Crippen molar-refractivity contribution in [2.75, 3.05) is 6.61 Å². The summed E-state index contributed by atoms with van der Waals surface area (Å²) < 4.78 is 6.30. The second-order valence-electron chi connectivity index (χ2n) is 4.46. The smallest absolute Gasteiger partial charge is 0.276 e. The number of nitrogens with one attached hydrogen (secondary N) is 2. The summed E-state index contributed by atoms with van der Waals surface area (Å²) in [6.45, 7) is -0.0213. The summed E-state index contributed by atoms with van der Waals surface area (Å²) >= 11 is 3.35. The van der Waals surface area contributed by atoms with Crippen molar-refractivity contribution in [3.63, 3.8) is 0 Å². The molecule has 2 rings (SSSR count). The number of rotatable bonds is 5. The van der Waals surface area contributed by atoms with Crippen LogP contribution >= 0.6 is 15.9 Å². The number of hydrazine groups is 1.